The third-order valence-corrected chi connectivity index (χ3v) is 10.4. The monoisotopic (exact) mass is 832 g/mol. The van der Waals surface area contributed by atoms with Crippen molar-refractivity contribution in [2.24, 2.45) is 7.05 Å². The molecule has 3 aliphatic heterocycles. The molecular formula is C42H52N6O12. The number of nitrogens with zero attached hydrogens (tertiary/aromatic N) is 4. The summed E-state index contributed by atoms with van der Waals surface area (Å²) in [5, 5.41) is 12.0. The van der Waals surface area contributed by atoms with E-state index in [0.29, 0.717) is 80.4 Å². The number of carbonyl (C=O) groups is 6. The average molecular weight is 833 g/mol. The van der Waals surface area contributed by atoms with Crippen LogP contribution in [0.25, 0.3) is 11.1 Å². The Hall–Kier alpha value is -6.11. The van der Waals surface area contributed by atoms with Gasteiger partial charge in [-0.1, -0.05) is 12.1 Å². The molecule has 3 N–H and O–H groups in total. The first-order chi connectivity index (χ1) is 28.8. The quantitative estimate of drug-likeness (QED) is 0.107. The largest absolute Gasteiger partial charge is 0.496 e. The number of aryl methyl sites for hydroxylation is 2. The number of imide groups is 2. The van der Waals surface area contributed by atoms with Crippen molar-refractivity contribution in [3.05, 3.63) is 80.3 Å². The zero-order chi connectivity index (χ0) is 43.5. The summed E-state index contributed by atoms with van der Waals surface area (Å²) in [5.74, 6) is -0.768. The molecular weight excluding hydrogens is 780 g/mol. The number of fused-ring (bicyclic) bond motifs is 2. The van der Waals surface area contributed by atoms with Gasteiger partial charge in [0.15, 0.2) is 0 Å². The summed E-state index contributed by atoms with van der Waals surface area (Å²) in [5.41, 5.74) is 5.21. The zero-order valence-corrected chi connectivity index (χ0v) is 34.5. The Labute approximate surface area is 347 Å². The predicted molar refractivity (Wildman–Crippen MR) is 217 cm³/mol. The van der Waals surface area contributed by atoms with E-state index in [2.05, 4.69) is 10.6 Å². The lowest BCUT2D eigenvalue weighted by Gasteiger charge is -2.31. The van der Waals surface area contributed by atoms with E-state index in [-0.39, 0.29) is 56.2 Å². The minimum atomic E-state index is -1.01. The van der Waals surface area contributed by atoms with Gasteiger partial charge in [0.2, 0.25) is 11.8 Å². The summed E-state index contributed by atoms with van der Waals surface area (Å²) in [6.07, 6.45) is 3.46. The van der Waals surface area contributed by atoms with Crippen molar-refractivity contribution in [3.8, 4) is 22.6 Å². The van der Waals surface area contributed by atoms with Crippen molar-refractivity contribution in [1.82, 2.24) is 29.9 Å². The van der Waals surface area contributed by atoms with Gasteiger partial charge >= 0.3 is 6.03 Å². The van der Waals surface area contributed by atoms with Gasteiger partial charge in [-0.15, -0.1) is 0 Å². The predicted octanol–water partition coefficient (Wildman–Crippen LogP) is 1.97. The molecule has 1 unspecified atom stereocenters. The maximum Gasteiger partial charge on any atom is 0.317 e. The number of nitrogens with one attached hydrogen (secondary N) is 2. The van der Waals surface area contributed by atoms with Crippen LogP contribution < -0.4 is 25.7 Å². The molecule has 60 heavy (non-hydrogen) atoms. The normalized spacial score (nSPS) is 15.9. The molecule has 3 aliphatic rings. The molecule has 0 bridgehead atoms. The molecule has 3 aromatic rings. The van der Waals surface area contributed by atoms with Crippen LogP contribution in [0.15, 0.2) is 41.3 Å². The molecule has 4 heterocycles. The number of ether oxygens (including phenoxy) is 4. The van der Waals surface area contributed by atoms with E-state index in [4.69, 9.17) is 28.8 Å². The van der Waals surface area contributed by atoms with Crippen LogP contribution in [-0.4, -0.2) is 134 Å². The molecule has 1 atom stereocenters. The molecule has 322 valence electrons. The Morgan fingerprint density at radius 3 is 2.28 bits per heavy atom. The van der Waals surface area contributed by atoms with Crippen LogP contribution in [0.2, 0.25) is 0 Å². The molecule has 6 rings (SSSR count). The highest BCUT2D eigenvalue weighted by molar-refractivity contribution is 6.24. The first-order valence-electron chi connectivity index (χ1n) is 19.6. The van der Waals surface area contributed by atoms with Gasteiger partial charge in [-0.25, -0.2) is 4.79 Å². The lowest BCUT2D eigenvalue weighted by molar-refractivity contribution is -0.136. The summed E-state index contributed by atoms with van der Waals surface area (Å²) in [6, 6.07) is 7.71. The number of carbonyl (C=O) groups excluding carboxylic acids is 5. The van der Waals surface area contributed by atoms with E-state index in [9.17, 15) is 28.8 Å². The molecule has 1 fully saturated rings. The fourth-order valence-electron chi connectivity index (χ4n) is 7.65. The third-order valence-electron chi connectivity index (χ3n) is 10.4. The minimum absolute atomic E-state index is 0.0628. The van der Waals surface area contributed by atoms with Crippen LogP contribution in [0.5, 0.6) is 11.5 Å². The lowest BCUT2D eigenvalue weighted by atomic mass is 9.92. The maximum atomic E-state index is 13.3. The van der Waals surface area contributed by atoms with Gasteiger partial charge in [0.1, 0.15) is 17.5 Å². The number of benzene rings is 2. The smallest absolute Gasteiger partial charge is 0.317 e. The van der Waals surface area contributed by atoms with Gasteiger partial charge in [0.25, 0.3) is 23.8 Å². The maximum absolute atomic E-state index is 13.3. The van der Waals surface area contributed by atoms with Crippen molar-refractivity contribution >= 4 is 36.1 Å². The van der Waals surface area contributed by atoms with Crippen LogP contribution in [0.3, 0.4) is 0 Å². The number of carboxylic acid groups (broad SMARTS) is 1. The third kappa shape index (κ3) is 10.2. The molecule has 0 aliphatic carbocycles. The standard InChI is InChI=1S/C41H50N6O10.CH2O2/c1-44(2)22-31-33(54-4)20-26(21-34(31)55-5)29-23-45(3)38(50)27-13-15-46(24-30(27)29)41(53)42-14-17-57-19-18-56-16-7-9-25-8-6-10-28-36(25)40(52)47(39(28)51)32-11-12-35(48)43-37(32)49;2-1-3/h6,8,10,20-21,23,32H,7,9,11-19,22,24H2,1-5H3,(H,42,53)(H,43,48,49);1H,(H,2,3). The summed E-state index contributed by atoms with van der Waals surface area (Å²) in [6.45, 7) is 2.63. The van der Waals surface area contributed by atoms with Gasteiger partial charge < -0.3 is 43.7 Å². The second-order valence-electron chi connectivity index (χ2n) is 14.6. The first-order valence-corrected chi connectivity index (χ1v) is 19.6. The number of hydrogen-bond donors (Lipinski definition) is 3. The van der Waals surface area contributed by atoms with E-state index in [1.54, 1.807) is 55.1 Å². The van der Waals surface area contributed by atoms with E-state index < -0.39 is 29.7 Å². The number of hydrogen-bond acceptors (Lipinski definition) is 12. The average Bonchev–Trinajstić information content (AvgIpc) is 3.48. The number of methoxy groups -OCH3 is 2. The summed E-state index contributed by atoms with van der Waals surface area (Å²) in [4.78, 5) is 89.8. The van der Waals surface area contributed by atoms with E-state index >= 15 is 0 Å². The Kier molecular flexibility index (Phi) is 15.5. The topological polar surface area (TPSA) is 215 Å². The van der Waals surface area contributed by atoms with E-state index in [0.717, 1.165) is 27.2 Å². The van der Waals surface area contributed by atoms with Crippen LogP contribution >= 0.6 is 0 Å². The van der Waals surface area contributed by atoms with Crippen LogP contribution in [0, 0.1) is 0 Å². The Balaban J connectivity index is 0.00000221. The fourth-order valence-corrected chi connectivity index (χ4v) is 7.65. The number of rotatable bonds is 16. The molecule has 0 saturated carbocycles. The minimum Gasteiger partial charge on any atom is -0.496 e. The number of urea groups is 1. The molecule has 6 amide bonds. The van der Waals surface area contributed by atoms with Crippen LogP contribution in [-0.2, 0) is 56.8 Å². The number of amides is 6. The Morgan fingerprint density at radius 1 is 0.950 bits per heavy atom. The van der Waals surface area contributed by atoms with Crippen LogP contribution in [0.4, 0.5) is 4.79 Å². The molecule has 2 aromatic carbocycles. The van der Waals surface area contributed by atoms with E-state index in [1.165, 1.54) is 0 Å². The van der Waals surface area contributed by atoms with Gasteiger partial charge in [0, 0.05) is 63.6 Å². The summed E-state index contributed by atoms with van der Waals surface area (Å²) >= 11 is 0. The summed E-state index contributed by atoms with van der Waals surface area (Å²) in [7, 11) is 8.91. The number of aromatic nitrogens is 1. The lowest BCUT2D eigenvalue weighted by Crippen LogP contribution is -2.54. The van der Waals surface area contributed by atoms with Gasteiger partial charge in [-0.05, 0) is 74.7 Å². The molecule has 18 heteroatoms. The first kappa shape index (κ1) is 45.0. The SMILES string of the molecule is COc1cc(-c2cn(C)c(=O)c3c2CN(C(=O)NCCOCCOCCCc2cccc4c2C(=O)N(C2CCC(=O)NC2=O)C4=O)CC3)cc(OC)c1CN(C)C.O=CO. The van der Waals surface area contributed by atoms with Crippen LogP contribution in [0.1, 0.15) is 62.2 Å². The molecule has 18 nitrogen and oxygen atoms in total. The summed E-state index contributed by atoms with van der Waals surface area (Å²) < 4.78 is 24.5. The number of piperidine rings is 1. The highest BCUT2D eigenvalue weighted by Gasteiger charge is 2.45. The van der Waals surface area contributed by atoms with Crippen molar-refractivity contribution < 1.29 is 52.8 Å². The molecule has 1 aromatic heterocycles. The van der Waals surface area contributed by atoms with Crippen molar-refractivity contribution in [1.29, 1.82) is 0 Å². The number of pyridine rings is 1. The van der Waals surface area contributed by atoms with E-state index in [1.807, 2.05) is 31.1 Å². The highest BCUT2D eigenvalue weighted by Crippen LogP contribution is 2.38. The van der Waals surface area contributed by atoms with Gasteiger partial charge in [-0.3, -0.25) is 39.0 Å². The molecule has 1 saturated heterocycles. The van der Waals surface area contributed by atoms with Crippen molar-refractivity contribution in [2.75, 3.05) is 67.8 Å². The molecule has 0 radical (unpaired) electrons. The molecule has 0 spiro atoms. The second kappa shape index (κ2) is 20.7. The van der Waals surface area contributed by atoms with Crippen molar-refractivity contribution in [2.45, 2.75) is 51.2 Å². The van der Waals surface area contributed by atoms with Gasteiger partial charge in [-0.2, -0.15) is 0 Å². The van der Waals surface area contributed by atoms with Crippen molar-refractivity contribution in [3.63, 3.8) is 0 Å². The Bertz CT molecular complexity index is 2140. The second-order valence-corrected chi connectivity index (χ2v) is 14.6. The fraction of sp³-hybridized carbons (Fsp3) is 0.452. The highest BCUT2D eigenvalue weighted by atomic mass is 16.5. The zero-order valence-electron chi connectivity index (χ0n) is 34.5. The van der Waals surface area contributed by atoms with Gasteiger partial charge in [0.05, 0.1) is 50.7 Å². The Morgan fingerprint density at radius 2 is 1.63 bits per heavy atom.